The van der Waals surface area contributed by atoms with Crippen molar-refractivity contribution < 1.29 is 28.6 Å². The van der Waals surface area contributed by atoms with Gasteiger partial charge in [0.2, 0.25) is 0 Å². The van der Waals surface area contributed by atoms with E-state index in [2.05, 4.69) is 81.5 Å². The van der Waals surface area contributed by atoms with Crippen molar-refractivity contribution >= 4 is 17.9 Å². The number of esters is 3. The van der Waals surface area contributed by atoms with Crippen LogP contribution in [0.5, 0.6) is 0 Å². The molecule has 0 fully saturated rings. The van der Waals surface area contributed by atoms with Gasteiger partial charge in [0.1, 0.15) is 13.2 Å². The molecule has 0 saturated carbocycles. The smallest absolute Gasteiger partial charge is 0.310 e. The topological polar surface area (TPSA) is 78.9 Å². The second-order valence-corrected chi connectivity index (χ2v) is 21.7. The molecule has 1 atom stereocenters. The molecule has 0 heterocycles. The molecule has 75 heavy (non-hydrogen) atoms. The van der Waals surface area contributed by atoms with Gasteiger partial charge < -0.3 is 14.2 Å². The van der Waals surface area contributed by atoms with E-state index in [4.69, 9.17) is 14.2 Å². The number of ether oxygens (including phenoxy) is 3. The van der Waals surface area contributed by atoms with Gasteiger partial charge in [-0.1, -0.05) is 312 Å². The van der Waals surface area contributed by atoms with Gasteiger partial charge in [-0.05, 0) is 70.6 Å². The molecule has 0 aromatic heterocycles. The van der Waals surface area contributed by atoms with E-state index in [9.17, 15) is 14.4 Å². The molecule has 0 N–H and O–H groups in total. The van der Waals surface area contributed by atoms with Gasteiger partial charge in [-0.15, -0.1) is 0 Å². The monoisotopic (exact) mass is 1050 g/mol. The van der Waals surface area contributed by atoms with Crippen molar-refractivity contribution in [3.8, 4) is 0 Å². The van der Waals surface area contributed by atoms with Gasteiger partial charge in [-0.3, -0.25) is 14.4 Å². The second-order valence-electron chi connectivity index (χ2n) is 21.7. The summed E-state index contributed by atoms with van der Waals surface area (Å²) in [4.78, 5) is 38.2. The van der Waals surface area contributed by atoms with Crippen molar-refractivity contribution in [2.24, 2.45) is 0 Å². The molecule has 0 aliphatic carbocycles. The first kappa shape index (κ1) is 71.8. The minimum atomic E-state index is -0.827. The number of hydrogen-bond donors (Lipinski definition) is 0. The van der Waals surface area contributed by atoms with Crippen LogP contribution in [0.2, 0.25) is 0 Å². The van der Waals surface area contributed by atoms with Gasteiger partial charge >= 0.3 is 17.9 Å². The van der Waals surface area contributed by atoms with Crippen LogP contribution in [0.1, 0.15) is 329 Å². The van der Waals surface area contributed by atoms with Crippen LogP contribution in [-0.4, -0.2) is 37.2 Å². The van der Waals surface area contributed by atoms with Gasteiger partial charge in [0, 0.05) is 12.8 Å². The van der Waals surface area contributed by atoms with Crippen LogP contribution in [0, 0.1) is 0 Å². The molecule has 0 rings (SSSR count). The molecule has 0 amide bonds. The summed E-state index contributed by atoms with van der Waals surface area (Å²) in [5.74, 6) is -1.03. The third kappa shape index (κ3) is 61.6. The average Bonchev–Trinajstić information content (AvgIpc) is 3.41. The van der Waals surface area contributed by atoms with Crippen LogP contribution in [0.3, 0.4) is 0 Å². The maximum atomic E-state index is 12.8. The fraction of sp³-hybridized carbons (Fsp3) is 0.783. The maximum Gasteiger partial charge on any atom is 0.310 e. The van der Waals surface area contributed by atoms with E-state index < -0.39 is 12.1 Å². The molecule has 0 aliphatic rings. The molecule has 0 aliphatic heterocycles. The lowest BCUT2D eigenvalue weighted by molar-refractivity contribution is -0.166. The first-order valence-corrected chi connectivity index (χ1v) is 32.4. The second kappa shape index (κ2) is 63.4. The summed E-state index contributed by atoms with van der Waals surface area (Å²) in [7, 11) is 0. The van der Waals surface area contributed by atoms with Gasteiger partial charge in [0.25, 0.3) is 0 Å². The van der Waals surface area contributed by atoms with E-state index in [1.54, 1.807) is 6.08 Å². The highest BCUT2D eigenvalue weighted by Crippen LogP contribution is 2.17. The summed E-state index contributed by atoms with van der Waals surface area (Å²) >= 11 is 0. The van der Waals surface area contributed by atoms with Crippen LogP contribution in [0.4, 0.5) is 0 Å². The zero-order chi connectivity index (χ0) is 54.3. The fourth-order valence-corrected chi connectivity index (χ4v) is 9.40. The molecule has 0 aromatic carbocycles. The van der Waals surface area contributed by atoms with Crippen LogP contribution in [0.15, 0.2) is 72.9 Å². The third-order valence-corrected chi connectivity index (χ3v) is 14.2. The van der Waals surface area contributed by atoms with Gasteiger partial charge in [-0.25, -0.2) is 0 Å². The third-order valence-electron chi connectivity index (χ3n) is 14.2. The quantitative estimate of drug-likeness (QED) is 0.0261. The van der Waals surface area contributed by atoms with Crippen LogP contribution >= 0.6 is 0 Å². The Morgan fingerprint density at radius 2 is 0.560 bits per heavy atom. The number of allylic oxidation sites excluding steroid dienone is 11. The first-order valence-electron chi connectivity index (χ1n) is 32.4. The molecule has 6 heteroatoms. The summed E-state index contributed by atoms with van der Waals surface area (Å²) in [5, 5.41) is 0. The van der Waals surface area contributed by atoms with Crippen LogP contribution in [0.25, 0.3) is 0 Å². The van der Waals surface area contributed by atoms with E-state index in [1.165, 1.54) is 218 Å². The Labute approximate surface area is 465 Å². The molecular formula is C69H122O6. The molecule has 1 unspecified atom stereocenters. The predicted molar refractivity (Wildman–Crippen MR) is 325 cm³/mol. The highest BCUT2D eigenvalue weighted by molar-refractivity contribution is 5.72. The van der Waals surface area contributed by atoms with Crippen molar-refractivity contribution in [2.75, 3.05) is 13.2 Å². The SMILES string of the molecule is CC/C=C\C/C=C\C/C=C\C/C=C\C/C=C\CC(=O)OC(COC(=O)CCCCCCCCCCCCCCC)COC(=O)CCCCCCCCCCCCCCCCCCC/C=C\CCCCCCCCCC. The van der Waals surface area contributed by atoms with Crippen molar-refractivity contribution in [3.63, 3.8) is 0 Å². The maximum absolute atomic E-state index is 12.8. The summed E-state index contributed by atoms with van der Waals surface area (Å²) in [6.45, 7) is 6.48. The Morgan fingerprint density at radius 1 is 0.293 bits per heavy atom. The van der Waals surface area contributed by atoms with Crippen molar-refractivity contribution in [1.29, 1.82) is 0 Å². The van der Waals surface area contributed by atoms with E-state index >= 15 is 0 Å². The molecule has 6 nitrogen and oxygen atoms in total. The Morgan fingerprint density at radius 3 is 0.867 bits per heavy atom. The van der Waals surface area contributed by atoms with Gasteiger partial charge in [0.15, 0.2) is 6.10 Å². The number of unbranched alkanes of at least 4 members (excludes halogenated alkanes) is 37. The standard InChI is InChI=1S/C69H122O6/c1-4-7-10-13-16-19-22-25-27-28-29-30-31-32-33-34-35-36-37-38-39-40-42-44-47-50-53-56-59-62-68(71)74-65-66(64-73-67(70)61-58-55-52-49-46-43-24-21-18-15-12-9-6-3)75-69(72)63-60-57-54-51-48-45-41-26-23-20-17-14-11-8-5-2/h8,11,17,20,26,28-29,41,48,51,57,60,66H,4-7,9-10,12-16,18-19,21-25,27,30-40,42-47,49-50,52-56,58-59,61-65H2,1-3H3/b11-8-,20-17-,29-28-,41-26-,51-48-,60-57-. The zero-order valence-electron chi connectivity index (χ0n) is 49.8. The zero-order valence-corrected chi connectivity index (χ0v) is 49.8. The summed E-state index contributed by atoms with van der Waals surface area (Å²) in [6, 6.07) is 0. The van der Waals surface area contributed by atoms with E-state index in [0.717, 1.165) is 70.6 Å². The summed E-state index contributed by atoms with van der Waals surface area (Å²) in [5.41, 5.74) is 0. The molecular weight excluding hydrogens is 925 g/mol. The fourth-order valence-electron chi connectivity index (χ4n) is 9.40. The molecule has 0 spiro atoms. The lowest BCUT2D eigenvalue weighted by atomic mass is 10.0. The Bertz CT molecular complexity index is 1390. The molecule has 0 aromatic rings. The Balaban J connectivity index is 4.23. The Kier molecular flexibility index (Phi) is 60.7. The van der Waals surface area contributed by atoms with E-state index in [0.29, 0.717) is 12.8 Å². The molecule has 0 saturated heterocycles. The van der Waals surface area contributed by atoms with Crippen molar-refractivity contribution in [2.45, 2.75) is 335 Å². The van der Waals surface area contributed by atoms with E-state index in [-0.39, 0.29) is 31.6 Å². The largest absolute Gasteiger partial charge is 0.462 e. The predicted octanol–water partition coefficient (Wildman–Crippen LogP) is 22.1. The number of hydrogen-bond acceptors (Lipinski definition) is 6. The van der Waals surface area contributed by atoms with Crippen LogP contribution < -0.4 is 0 Å². The highest BCUT2D eigenvalue weighted by Gasteiger charge is 2.19. The number of carbonyl (C=O) groups excluding carboxylic acids is 3. The van der Waals surface area contributed by atoms with Crippen molar-refractivity contribution in [1.82, 2.24) is 0 Å². The summed E-state index contributed by atoms with van der Waals surface area (Å²) < 4.78 is 16.8. The Hall–Kier alpha value is -3.15. The van der Waals surface area contributed by atoms with Gasteiger partial charge in [-0.2, -0.15) is 0 Å². The van der Waals surface area contributed by atoms with Crippen molar-refractivity contribution in [3.05, 3.63) is 72.9 Å². The number of carbonyl (C=O) groups is 3. The van der Waals surface area contributed by atoms with E-state index in [1.807, 2.05) is 6.08 Å². The lowest BCUT2D eigenvalue weighted by Crippen LogP contribution is -2.30. The normalized spacial score (nSPS) is 12.5. The highest BCUT2D eigenvalue weighted by atomic mass is 16.6. The van der Waals surface area contributed by atoms with Gasteiger partial charge in [0.05, 0.1) is 6.42 Å². The lowest BCUT2D eigenvalue weighted by Gasteiger charge is -2.18. The van der Waals surface area contributed by atoms with Crippen LogP contribution in [-0.2, 0) is 28.6 Å². The summed E-state index contributed by atoms with van der Waals surface area (Å²) in [6.07, 6.45) is 82.4. The minimum Gasteiger partial charge on any atom is -0.462 e. The number of rotatable bonds is 59. The first-order chi connectivity index (χ1) is 37.0. The average molecular weight is 1050 g/mol. The minimum absolute atomic E-state index is 0.100. The molecule has 0 radical (unpaired) electrons. The molecule has 434 valence electrons. The molecule has 0 bridgehead atoms.